The summed E-state index contributed by atoms with van der Waals surface area (Å²) in [6, 6.07) is 6.07. The fraction of sp³-hybridized carbons (Fsp3) is 0.286. The second-order valence-corrected chi connectivity index (χ2v) is 9.64. The molecule has 0 bridgehead atoms. The Hall–Kier alpha value is -3.31. The highest BCUT2D eigenvalue weighted by atomic mass is 32.1. The van der Waals surface area contributed by atoms with Crippen molar-refractivity contribution < 1.29 is 19.3 Å². The van der Waals surface area contributed by atoms with Crippen molar-refractivity contribution in [3.8, 4) is 0 Å². The van der Waals surface area contributed by atoms with Gasteiger partial charge in [0.25, 0.3) is 17.5 Å². The number of fused-ring (bicyclic) bond motifs is 2. The van der Waals surface area contributed by atoms with E-state index in [0.29, 0.717) is 20.8 Å². The molecule has 4 rings (SSSR count). The molecule has 166 valence electrons. The van der Waals surface area contributed by atoms with Crippen molar-refractivity contribution in [1.82, 2.24) is 10.9 Å². The van der Waals surface area contributed by atoms with Gasteiger partial charge in [0, 0.05) is 34.0 Å². The van der Waals surface area contributed by atoms with Crippen LogP contribution in [-0.2, 0) is 17.6 Å². The molecule has 2 heterocycles. The van der Waals surface area contributed by atoms with Gasteiger partial charge in [-0.15, -0.1) is 22.7 Å². The average Bonchev–Trinajstić information content (AvgIpc) is 3.25. The van der Waals surface area contributed by atoms with Crippen LogP contribution < -0.4 is 16.2 Å². The topological polar surface area (TPSA) is 130 Å². The van der Waals surface area contributed by atoms with Crippen molar-refractivity contribution in [2.24, 2.45) is 0 Å². The lowest BCUT2D eigenvalue weighted by Crippen LogP contribution is -2.40. The summed E-state index contributed by atoms with van der Waals surface area (Å²) in [5.74, 6) is -1.26. The van der Waals surface area contributed by atoms with E-state index >= 15 is 0 Å². The molecule has 0 unspecified atom stereocenters. The first kappa shape index (κ1) is 21.9. The Bertz CT molecular complexity index is 1250. The van der Waals surface area contributed by atoms with Crippen LogP contribution in [-0.4, -0.2) is 22.6 Å². The SMILES string of the molecule is CC(=O)NNC(=O)c1c(NC(=O)c2cc3cc([N+](=O)[O-])ccc3s2)sc2c1CCCCC2. The minimum Gasteiger partial charge on any atom is -0.312 e. The average molecular weight is 473 g/mol. The number of nitrogens with one attached hydrogen (secondary N) is 3. The molecule has 11 heteroatoms. The number of aryl methyl sites for hydroxylation is 1. The minimum absolute atomic E-state index is 0.0406. The van der Waals surface area contributed by atoms with Crippen LogP contribution in [0.25, 0.3) is 10.1 Å². The largest absolute Gasteiger partial charge is 0.312 e. The van der Waals surface area contributed by atoms with E-state index in [-0.39, 0.29) is 11.6 Å². The smallest absolute Gasteiger partial charge is 0.272 e. The molecule has 0 saturated heterocycles. The normalized spacial score (nSPS) is 13.2. The Labute approximate surface area is 190 Å². The van der Waals surface area contributed by atoms with Crippen molar-refractivity contribution in [2.45, 2.75) is 39.0 Å². The van der Waals surface area contributed by atoms with Crippen molar-refractivity contribution >= 4 is 61.2 Å². The summed E-state index contributed by atoms with van der Waals surface area (Å²) in [5, 5.41) is 14.9. The maximum Gasteiger partial charge on any atom is 0.272 e. The van der Waals surface area contributed by atoms with Gasteiger partial charge in [-0.05, 0) is 43.4 Å². The molecule has 1 aliphatic carbocycles. The highest BCUT2D eigenvalue weighted by molar-refractivity contribution is 7.21. The Kier molecular flexibility index (Phi) is 6.19. The summed E-state index contributed by atoms with van der Waals surface area (Å²) in [7, 11) is 0. The zero-order valence-electron chi connectivity index (χ0n) is 17.1. The van der Waals surface area contributed by atoms with Gasteiger partial charge in [-0.25, -0.2) is 0 Å². The predicted molar refractivity (Wildman–Crippen MR) is 123 cm³/mol. The summed E-state index contributed by atoms with van der Waals surface area (Å²) in [5.41, 5.74) is 5.96. The Balaban J connectivity index is 1.65. The third-order valence-corrected chi connectivity index (χ3v) is 7.48. The van der Waals surface area contributed by atoms with Gasteiger partial charge in [-0.1, -0.05) is 6.42 Å². The lowest BCUT2D eigenvalue weighted by molar-refractivity contribution is -0.384. The van der Waals surface area contributed by atoms with Crippen LogP contribution in [0.2, 0.25) is 0 Å². The van der Waals surface area contributed by atoms with Crippen LogP contribution in [0.1, 0.15) is 56.7 Å². The third kappa shape index (κ3) is 4.48. The molecule has 32 heavy (non-hydrogen) atoms. The van der Waals surface area contributed by atoms with E-state index in [1.807, 2.05) is 0 Å². The summed E-state index contributed by atoms with van der Waals surface area (Å²) >= 11 is 2.61. The molecule has 0 atom stereocenters. The maximum atomic E-state index is 13.0. The van der Waals surface area contributed by atoms with E-state index in [9.17, 15) is 24.5 Å². The van der Waals surface area contributed by atoms with Gasteiger partial charge in [0.15, 0.2) is 0 Å². The van der Waals surface area contributed by atoms with E-state index in [1.165, 1.54) is 41.7 Å². The molecule has 1 aromatic carbocycles. The standard InChI is InChI=1S/C21H20N4O5S2/c1-11(26)23-24-20(28)18-14-5-3-2-4-6-16(14)32-21(18)22-19(27)17-10-12-9-13(25(29)30)7-8-15(12)31-17/h7-10H,2-6H2,1H3,(H,22,27)(H,23,26)(H,24,28). The molecule has 2 aromatic heterocycles. The molecule has 0 spiro atoms. The monoisotopic (exact) mass is 472 g/mol. The van der Waals surface area contributed by atoms with Crippen LogP contribution in [0.4, 0.5) is 10.7 Å². The zero-order chi connectivity index (χ0) is 22.8. The number of rotatable bonds is 4. The Morgan fingerprint density at radius 1 is 1.00 bits per heavy atom. The number of amides is 3. The highest BCUT2D eigenvalue weighted by Gasteiger charge is 2.26. The number of nitro benzene ring substituents is 1. The first-order chi connectivity index (χ1) is 15.3. The summed E-state index contributed by atoms with van der Waals surface area (Å²) in [6.45, 7) is 1.29. The molecule has 0 radical (unpaired) electrons. The van der Waals surface area contributed by atoms with Crippen LogP contribution in [0.15, 0.2) is 24.3 Å². The lowest BCUT2D eigenvalue weighted by atomic mass is 10.1. The van der Waals surface area contributed by atoms with Gasteiger partial charge in [-0.2, -0.15) is 0 Å². The van der Waals surface area contributed by atoms with Crippen LogP contribution in [0.3, 0.4) is 0 Å². The second kappa shape index (κ2) is 9.05. The Morgan fingerprint density at radius 2 is 1.78 bits per heavy atom. The van der Waals surface area contributed by atoms with Crippen molar-refractivity contribution in [3.63, 3.8) is 0 Å². The Morgan fingerprint density at radius 3 is 2.53 bits per heavy atom. The highest BCUT2D eigenvalue weighted by Crippen LogP contribution is 2.38. The summed E-state index contributed by atoms with van der Waals surface area (Å²) in [6.07, 6.45) is 4.61. The minimum atomic E-state index is -0.477. The van der Waals surface area contributed by atoms with Gasteiger partial charge in [0.2, 0.25) is 5.91 Å². The number of anilines is 1. The molecule has 9 nitrogen and oxygen atoms in total. The summed E-state index contributed by atoms with van der Waals surface area (Å²) in [4.78, 5) is 49.1. The van der Waals surface area contributed by atoms with Gasteiger partial charge in [0.1, 0.15) is 5.00 Å². The number of non-ortho nitro benzene ring substituents is 1. The number of benzene rings is 1. The van der Waals surface area contributed by atoms with Crippen LogP contribution in [0, 0.1) is 10.1 Å². The number of hydrogen-bond donors (Lipinski definition) is 3. The van der Waals surface area contributed by atoms with E-state index in [2.05, 4.69) is 16.2 Å². The van der Waals surface area contributed by atoms with E-state index in [4.69, 9.17) is 0 Å². The number of hydrogen-bond acceptors (Lipinski definition) is 7. The number of thiophene rings is 2. The second-order valence-electron chi connectivity index (χ2n) is 7.45. The number of carbonyl (C=O) groups excluding carboxylic acids is 3. The molecule has 3 N–H and O–H groups in total. The molecular formula is C21H20N4O5S2. The van der Waals surface area contributed by atoms with Gasteiger partial charge in [0.05, 0.1) is 15.4 Å². The molecule has 1 aliphatic rings. The molecule has 0 aliphatic heterocycles. The van der Waals surface area contributed by atoms with Crippen molar-refractivity contribution in [1.29, 1.82) is 0 Å². The number of nitrogens with zero attached hydrogens (tertiary/aromatic N) is 1. The fourth-order valence-corrected chi connectivity index (χ4v) is 5.92. The number of hydrazine groups is 1. The first-order valence-corrected chi connectivity index (χ1v) is 11.7. The van der Waals surface area contributed by atoms with Crippen LogP contribution >= 0.6 is 22.7 Å². The van der Waals surface area contributed by atoms with Crippen LogP contribution in [0.5, 0.6) is 0 Å². The first-order valence-electron chi connectivity index (χ1n) is 10.0. The number of nitro groups is 1. The van der Waals surface area contributed by atoms with E-state index < -0.39 is 16.7 Å². The maximum absolute atomic E-state index is 13.0. The zero-order valence-corrected chi connectivity index (χ0v) is 18.8. The molecule has 0 saturated carbocycles. The third-order valence-electron chi connectivity index (χ3n) is 5.16. The van der Waals surface area contributed by atoms with E-state index in [0.717, 1.165) is 47.2 Å². The quantitative estimate of drug-likeness (QED) is 0.298. The molecule has 0 fully saturated rings. The fourth-order valence-electron chi connectivity index (χ4n) is 3.70. The van der Waals surface area contributed by atoms with Crippen molar-refractivity contribution in [2.75, 3.05) is 5.32 Å². The predicted octanol–water partition coefficient (Wildman–Crippen LogP) is 4.17. The molecular weight excluding hydrogens is 452 g/mol. The van der Waals surface area contributed by atoms with Gasteiger partial charge in [-0.3, -0.25) is 35.3 Å². The van der Waals surface area contributed by atoms with E-state index in [1.54, 1.807) is 12.1 Å². The molecule has 3 amide bonds. The van der Waals surface area contributed by atoms with Gasteiger partial charge >= 0.3 is 0 Å². The lowest BCUT2D eigenvalue weighted by Gasteiger charge is -2.09. The molecule has 3 aromatic rings. The summed E-state index contributed by atoms with van der Waals surface area (Å²) < 4.78 is 0.756. The number of carbonyl (C=O) groups is 3. The van der Waals surface area contributed by atoms with Crippen molar-refractivity contribution in [3.05, 3.63) is 55.3 Å². The van der Waals surface area contributed by atoms with Gasteiger partial charge < -0.3 is 5.32 Å².